The molecule has 164 valence electrons. The van der Waals surface area contributed by atoms with Gasteiger partial charge < -0.3 is 13.9 Å². The normalized spacial score (nSPS) is 11.1. The molecule has 2 aromatic heterocycles. The van der Waals surface area contributed by atoms with Gasteiger partial charge in [0.05, 0.1) is 11.8 Å². The van der Waals surface area contributed by atoms with Crippen molar-refractivity contribution in [1.29, 1.82) is 0 Å². The van der Waals surface area contributed by atoms with Crippen LogP contribution in [0, 0.1) is 6.92 Å². The number of amides is 1. The second-order valence-corrected chi connectivity index (χ2v) is 8.40. The maximum Gasteiger partial charge on any atom is 0.271 e. The molecule has 5 aromatic rings. The Morgan fingerprint density at radius 3 is 2.00 bits per heavy atom. The van der Waals surface area contributed by atoms with Crippen molar-refractivity contribution in [3.63, 3.8) is 0 Å². The molecule has 0 fully saturated rings. The van der Waals surface area contributed by atoms with E-state index in [9.17, 15) is 4.79 Å². The lowest BCUT2D eigenvalue weighted by atomic mass is 10.1. The zero-order valence-electron chi connectivity index (χ0n) is 18.6. The number of fused-ring (bicyclic) bond motifs is 1. The number of benzene rings is 3. The molecule has 0 saturated carbocycles. The fourth-order valence-electron chi connectivity index (χ4n) is 4.17. The molecule has 0 unspecified atom stereocenters. The topological polar surface area (TPSA) is 38.4 Å². The quantitative estimate of drug-likeness (QED) is 0.296. The Bertz CT molecular complexity index is 1310. The molecule has 0 aliphatic heterocycles. The van der Waals surface area contributed by atoms with E-state index in [0.29, 0.717) is 25.3 Å². The fraction of sp³-hybridized carbons (Fsp3) is 0.138. The van der Waals surface area contributed by atoms with E-state index in [-0.39, 0.29) is 5.91 Å². The van der Waals surface area contributed by atoms with Gasteiger partial charge in [0.1, 0.15) is 5.69 Å². The average Bonchev–Trinajstić information content (AvgIpc) is 3.44. The molecule has 3 aromatic carbocycles. The van der Waals surface area contributed by atoms with E-state index in [1.54, 1.807) is 6.26 Å². The standard InChI is InChI=1S/C29H26N2O2/c1-22-12-14-25(15-13-22)21-31-26-16-17-33-28(26)18-27(31)29(32)30(19-23-8-4-2-5-9-23)20-24-10-6-3-7-11-24/h2-18H,19-21H2,1H3. The van der Waals surface area contributed by atoms with Crippen LogP contribution >= 0.6 is 0 Å². The van der Waals surface area contributed by atoms with Gasteiger partial charge in [0.25, 0.3) is 5.91 Å². The van der Waals surface area contributed by atoms with Crippen molar-refractivity contribution < 1.29 is 9.21 Å². The van der Waals surface area contributed by atoms with Gasteiger partial charge in [-0.1, -0.05) is 90.5 Å². The second kappa shape index (κ2) is 9.21. The van der Waals surface area contributed by atoms with Crippen LogP contribution in [0.15, 0.2) is 108 Å². The summed E-state index contributed by atoms with van der Waals surface area (Å²) >= 11 is 0. The molecule has 2 heterocycles. The number of furan rings is 1. The molecule has 1 amide bonds. The van der Waals surface area contributed by atoms with Crippen LogP contribution in [0.4, 0.5) is 0 Å². The number of hydrogen-bond donors (Lipinski definition) is 0. The lowest BCUT2D eigenvalue weighted by Crippen LogP contribution is -2.31. The Kier molecular flexibility index (Phi) is 5.81. The summed E-state index contributed by atoms with van der Waals surface area (Å²) in [6.07, 6.45) is 1.68. The Hall–Kier alpha value is -4.05. The summed E-state index contributed by atoms with van der Waals surface area (Å²) in [5.41, 5.74) is 6.85. The molecule has 0 aliphatic rings. The smallest absolute Gasteiger partial charge is 0.271 e. The number of nitrogens with zero attached hydrogens (tertiary/aromatic N) is 2. The maximum absolute atomic E-state index is 13.9. The largest absolute Gasteiger partial charge is 0.463 e. The average molecular weight is 435 g/mol. The minimum absolute atomic E-state index is 0.0128. The fourth-order valence-corrected chi connectivity index (χ4v) is 4.17. The van der Waals surface area contributed by atoms with Gasteiger partial charge in [-0.15, -0.1) is 0 Å². The Morgan fingerprint density at radius 2 is 1.39 bits per heavy atom. The molecule has 33 heavy (non-hydrogen) atoms. The van der Waals surface area contributed by atoms with Crippen molar-refractivity contribution in [2.45, 2.75) is 26.6 Å². The molecule has 4 heteroatoms. The highest BCUT2D eigenvalue weighted by Crippen LogP contribution is 2.25. The first kappa shape index (κ1) is 20.8. The molecule has 5 rings (SSSR count). The van der Waals surface area contributed by atoms with Crippen molar-refractivity contribution >= 4 is 17.0 Å². The number of rotatable bonds is 7. The molecule has 0 N–H and O–H groups in total. The predicted octanol–water partition coefficient (Wildman–Crippen LogP) is 6.43. The van der Waals surface area contributed by atoms with E-state index in [2.05, 4.69) is 60.0 Å². The Balaban J connectivity index is 1.52. The minimum atomic E-state index is -0.0128. The first-order chi connectivity index (χ1) is 16.2. The number of carbonyl (C=O) groups is 1. The summed E-state index contributed by atoms with van der Waals surface area (Å²) in [5, 5.41) is 0. The van der Waals surface area contributed by atoms with Crippen LogP contribution in [-0.2, 0) is 19.6 Å². The van der Waals surface area contributed by atoms with Gasteiger partial charge in [-0.3, -0.25) is 4.79 Å². The van der Waals surface area contributed by atoms with Crippen molar-refractivity contribution in [1.82, 2.24) is 9.47 Å². The molecule has 0 saturated heterocycles. The third-order valence-electron chi connectivity index (χ3n) is 5.92. The van der Waals surface area contributed by atoms with Crippen LogP contribution in [0.5, 0.6) is 0 Å². The van der Waals surface area contributed by atoms with Crippen molar-refractivity contribution in [3.05, 3.63) is 131 Å². The van der Waals surface area contributed by atoms with Crippen LogP contribution in [-0.4, -0.2) is 15.4 Å². The minimum Gasteiger partial charge on any atom is -0.463 e. The van der Waals surface area contributed by atoms with E-state index in [1.807, 2.05) is 53.4 Å². The Morgan fingerprint density at radius 1 is 0.788 bits per heavy atom. The first-order valence-corrected chi connectivity index (χ1v) is 11.2. The third-order valence-corrected chi connectivity index (χ3v) is 5.92. The van der Waals surface area contributed by atoms with Gasteiger partial charge in [-0.25, -0.2) is 0 Å². The SMILES string of the molecule is Cc1ccc(Cn2c(C(=O)N(Cc3ccccc3)Cc3ccccc3)cc3occc32)cc1. The molecule has 4 nitrogen and oxygen atoms in total. The van der Waals surface area contributed by atoms with E-state index in [4.69, 9.17) is 4.42 Å². The zero-order chi connectivity index (χ0) is 22.6. The number of aromatic nitrogens is 1. The van der Waals surface area contributed by atoms with Gasteiger partial charge in [0, 0.05) is 31.8 Å². The van der Waals surface area contributed by atoms with Crippen molar-refractivity contribution in [3.8, 4) is 0 Å². The number of hydrogen-bond acceptors (Lipinski definition) is 2. The van der Waals surface area contributed by atoms with Crippen LogP contribution < -0.4 is 0 Å². The highest BCUT2D eigenvalue weighted by molar-refractivity contribution is 5.97. The van der Waals surface area contributed by atoms with E-state index < -0.39 is 0 Å². The first-order valence-electron chi connectivity index (χ1n) is 11.2. The summed E-state index contributed by atoms with van der Waals surface area (Å²) in [7, 11) is 0. The van der Waals surface area contributed by atoms with Crippen LogP contribution in [0.2, 0.25) is 0 Å². The van der Waals surface area contributed by atoms with Crippen molar-refractivity contribution in [2.75, 3.05) is 0 Å². The number of carbonyl (C=O) groups excluding carboxylic acids is 1. The van der Waals surface area contributed by atoms with Crippen LogP contribution in [0.3, 0.4) is 0 Å². The van der Waals surface area contributed by atoms with Gasteiger partial charge in [-0.2, -0.15) is 0 Å². The molecule has 0 aliphatic carbocycles. The molecular weight excluding hydrogens is 408 g/mol. The Labute approximate surface area is 193 Å². The zero-order valence-corrected chi connectivity index (χ0v) is 18.6. The van der Waals surface area contributed by atoms with Gasteiger partial charge >= 0.3 is 0 Å². The molecule has 0 spiro atoms. The van der Waals surface area contributed by atoms with Crippen LogP contribution in [0.25, 0.3) is 11.1 Å². The molecule has 0 atom stereocenters. The molecule has 0 bridgehead atoms. The predicted molar refractivity (Wildman–Crippen MR) is 131 cm³/mol. The summed E-state index contributed by atoms with van der Waals surface area (Å²) < 4.78 is 7.74. The number of aryl methyl sites for hydroxylation is 1. The monoisotopic (exact) mass is 434 g/mol. The van der Waals surface area contributed by atoms with Crippen LogP contribution in [0.1, 0.15) is 32.7 Å². The van der Waals surface area contributed by atoms with Gasteiger partial charge in [0.15, 0.2) is 5.58 Å². The highest BCUT2D eigenvalue weighted by atomic mass is 16.3. The molecular formula is C29H26N2O2. The third kappa shape index (κ3) is 4.60. The van der Waals surface area contributed by atoms with Crippen molar-refractivity contribution in [2.24, 2.45) is 0 Å². The van der Waals surface area contributed by atoms with Gasteiger partial charge in [0.2, 0.25) is 0 Å². The summed E-state index contributed by atoms with van der Waals surface area (Å²) in [5.74, 6) is -0.0128. The second-order valence-electron chi connectivity index (χ2n) is 8.40. The summed E-state index contributed by atoms with van der Waals surface area (Å²) in [4.78, 5) is 15.9. The van der Waals surface area contributed by atoms with E-state index in [1.165, 1.54) is 5.56 Å². The van der Waals surface area contributed by atoms with E-state index >= 15 is 0 Å². The maximum atomic E-state index is 13.9. The lowest BCUT2D eigenvalue weighted by molar-refractivity contribution is 0.0720. The van der Waals surface area contributed by atoms with Gasteiger partial charge in [-0.05, 0) is 23.6 Å². The summed E-state index contributed by atoms with van der Waals surface area (Å²) in [6.45, 7) is 3.75. The summed E-state index contributed by atoms with van der Waals surface area (Å²) in [6, 6.07) is 32.5. The molecule has 0 radical (unpaired) electrons. The lowest BCUT2D eigenvalue weighted by Gasteiger charge is -2.24. The van der Waals surface area contributed by atoms with E-state index in [0.717, 1.165) is 27.8 Å². The highest BCUT2D eigenvalue weighted by Gasteiger charge is 2.23.